The summed E-state index contributed by atoms with van der Waals surface area (Å²) in [6.07, 6.45) is 8.77. The Labute approximate surface area is 198 Å². The lowest BCUT2D eigenvalue weighted by Crippen LogP contribution is -2.51. The third kappa shape index (κ3) is 5.99. The average molecular weight is 476 g/mol. The summed E-state index contributed by atoms with van der Waals surface area (Å²) in [5.74, 6) is -0.248. The van der Waals surface area contributed by atoms with Crippen LogP contribution < -0.4 is 15.6 Å². The highest BCUT2D eigenvalue weighted by molar-refractivity contribution is 5.97. The Kier molecular flexibility index (Phi) is 8.25. The van der Waals surface area contributed by atoms with Crippen LogP contribution in [0.1, 0.15) is 38.5 Å². The standard InChI is InChI=1S/C22H33N7O5/c30-15-28(33)14-17(11-16-3-1-2-4-16)21(32)29-19(5-6-25-29)20(31)26-18-12-23-22(24-13-18)27-7-9-34-10-8-27/h12-13,15-17,19,25,33H,1-11,14H2,(H,26,31)/t17-,19+/m1/s1. The van der Waals surface area contributed by atoms with Crippen molar-refractivity contribution in [3.05, 3.63) is 12.4 Å². The molecule has 0 bridgehead atoms. The van der Waals surface area contributed by atoms with Gasteiger partial charge in [-0.3, -0.25) is 24.6 Å². The Hall–Kier alpha value is -2.83. The minimum absolute atomic E-state index is 0.0950. The molecule has 1 aromatic rings. The predicted molar refractivity (Wildman–Crippen MR) is 122 cm³/mol. The number of anilines is 2. The minimum Gasteiger partial charge on any atom is -0.378 e. The van der Waals surface area contributed by atoms with Crippen molar-refractivity contribution in [1.82, 2.24) is 25.5 Å². The van der Waals surface area contributed by atoms with Gasteiger partial charge in [-0.15, -0.1) is 0 Å². The Morgan fingerprint density at radius 2 is 1.94 bits per heavy atom. The topological polar surface area (TPSA) is 140 Å². The summed E-state index contributed by atoms with van der Waals surface area (Å²) in [5.41, 5.74) is 3.46. The largest absolute Gasteiger partial charge is 0.378 e. The van der Waals surface area contributed by atoms with Gasteiger partial charge in [-0.2, -0.15) is 0 Å². The summed E-state index contributed by atoms with van der Waals surface area (Å²) in [7, 11) is 0. The van der Waals surface area contributed by atoms with Gasteiger partial charge in [-0.25, -0.2) is 20.5 Å². The van der Waals surface area contributed by atoms with E-state index < -0.39 is 12.0 Å². The highest BCUT2D eigenvalue weighted by Crippen LogP contribution is 2.31. The van der Waals surface area contributed by atoms with E-state index in [4.69, 9.17) is 4.74 Å². The summed E-state index contributed by atoms with van der Waals surface area (Å²) >= 11 is 0. The number of hydrazine groups is 1. The van der Waals surface area contributed by atoms with Gasteiger partial charge in [0.25, 0.3) is 0 Å². The maximum Gasteiger partial charge on any atom is 0.248 e. The van der Waals surface area contributed by atoms with Crippen LogP contribution in [0.2, 0.25) is 0 Å². The van der Waals surface area contributed by atoms with Crippen LogP contribution in [0, 0.1) is 11.8 Å². The van der Waals surface area contributed by atoms with Crippen molar-refractivity contribution < 1.29 is 24.3 Å². The molecule has 12 nitrogen and oxygen atoms in total. The molecular formula is C22H33N7O5. The highest BCUT2D eigenvalue weighted by atomic mass is 16.5. The third-order valence-electron chi connectivity index (χ3n) is 6.72. The van der Waals surface area contributed by atoms with E-state index in [0.29, 0.717) is 74.7 Å². The van der Waals surface area contributed by atoms with Gasteiger partial charge in [0, 0.05) is 19.6 Å². The molecule has 0 radical (unpaired) electrons. The van der Waals surface area contributed by atoms with Gasteiger partial charge in [0.2, 0.25) is 24.2 Å². The molecule has 0 unspecified atom stereocenters. The zero-order valence-corrected chi connectivity index (χ0v) is 19.3. The number of ether oxygens (including phenoxy) is 1. The van der Waals surface area contributed by atoms with Crippen molar-refractivity contribution in [3.8, 4) is 0 Å². The molecule has 34 heavy (non-hydrogen) atoms. The minimum atomic E-state index is -0.708. The SMILES string of the molecule is O=CN(O)C[C@@H](CC1CCCC1)C(=O)N1NCC[C@H]1C(=O)Nc1cnc(N2CCOCC2)nc1. The van der Waals surface area contributed by atoms with Crippen LogP contribution in [0.25, 0.3) is 0 Å². The zero-order valence-electron chi connectivity index (χ0n) is 19.3. The van der Waals surface area contributed by atoms with Gasteiger partial charge < -0.3 is 15.0 Å². The quantitative estimate of drug-likeness (QED) is 0.263. The van der Waals surface area contributed by atoms with Gasteiger partial charge in [-0.1, -0.05) is 25.7 Å². The summed E-state index contributed by atoms with van der Waals surface area (Å²) in [6, 6.07) is -0.708. The van der Waals surface area contributed by atoms with Crippen LogP contribution >= 0.6 is 0 Å². The summed E-state index contributed by atoms with van der Waals surface area (Å²) in [6.45, 7) is 3.07. The molecule has 1 aliphatic carbocycles. The molecule has 0 aromatic carbocycles. The first-order valence-corrected chi connectivity index (χ1v) is 12.0. The number of carbonyl (C=O) groups excluding carboxylic acids is 3. The molecule has 1 aromatic heterocycles. The van der Waals surface area contributed by atoms with E-state index in [1.54, 1.807) is 12.4 Å². The molecule has 3 amide bonds. The number of hydrogen-bond acceptors (Lipinski definition) is 9. The number of morpholine rings is 1. The molecule has 0 spiro atoms. The van der Waals surface area contributed by atoms with Crippen molar-refractivity contribution in [2.24, 2.45) is 11.8 Å². The molecule has 186 valence electrons. The van der Waals surface area contributed by atoms with E-state index >= 15 is 0 Å². The molecule has 2 aliphatic heterocycles. The predicted octanol–water partition coefficient (Wildman–Crippen LogP) is 0.401. The van der Waals surface area contributed by atoms with Crippen molar-refractivity contribution in [2.45, 2.75) is 44.6 Å². The number of nitrogens with zero attached hydrogens (tertiary/aromatic N) is 5. The van der Waals surface area contributed by atoms with Crippen LogP contribution in [-0.2, 0) is 19.1 Å². The molecule has 3 heterocycles. The van der Waals surface area contributed by atoms with Gasteiger partial charge in [0.15, 0.2) is 0 Å². The molecule has 4 rings (SSSR count). The highest BCUT2D eigenvalue weighted by Gasteiger charge is 2.39. The summed E-state index contributed by atoms with van der Waals surface area (Å²) < 4.78 is 5.34. The average Bonchev–Trinajstić information content (AvgIpc) is 3.56. The molecular weight excluding hydrogens is 442 g/mol. The van der Waals surface area contributed by atoms with Gasteiger partial charge in [-0.05, 0) is 18.8 Å². The maximum absolute atomic E-state index is 13.4. The van der Waals surface area contributed by atoms with Crippen molar-refractivity contribution in [2.75, 3.05) is 49.6 Å². The lowest BCUT2D eigenvalue weighted by Gasteiger charge is -2.30. The fourth-order valence-corrected chi connectivity index (χ4v) is 4.95. The molecule has 1 saturated carbocycles. The summed E-state index contributed by atoms with van der Waals surface area (Å²) in [4.78, 5) is 48.1. The first-order valence-electron chi connectivity index (χ1n) is 12.0. The molecule has 3 N–H and O–H groups in total. The molecule has 3 fully saturated rings. The van der Waals surface area contributed by atoms with E-state index in [9.17, 15) is 19.6 Å². The lowest BCUT2D eigenvalue weighted by molar-refractivity contribution is -0.159. The Morgan fingerprint density at radius 3 is 2.62 bits per heavy atom. The fraction of sp³-hybridized carbons (Fsp3) is 0.682. The maximum atomic E-state index is 13.4. The van der Waals surface area contributed by atoms with E-state index in [2.05, 4.69) is 20.7 Å². The van der Waals surface area contributed by atoms with Crippen molar-refractivity contribution in [1.29, 1.82) is 0 Å². The van der Waals surface area contributed by atoms with Gasteiger partial charge in [0.1, 0.15) is 6.04 Å². The van der Waals surface area contributed by atoms with Crippen LogP contribution in [-0.4, -0.2) is 88.9 Å². The second kappa shape index (κ2) is 11.5. The molecule has 2 atom stereocenters. The Balaban J connectivity index is 1.38. The van der Waals surface area contributed by atoms with Gasteiger partial charge >= 0.3 is 0 Å². The molecule has 2 saturated heterocycles. The van der Waals surface area contributed by atoms with Gasteiger partial charge in [0.05, 0.1) is 43.8 Å². The fourth-order valence-electron chi connectivity index (χ4n) is 4.95. The second-order valence-electron chi connectivity index (χ2n) is 9.09. The number of aromatic nitrogens is 2. The van der Waals surface area contributed by atoms with E-state index in [-0.39, 0.29) is 18.4 Å². The number of amides is 3. The molecule has 3 aliphatic rings. The lowest BCUT2D eigenvalue weighted by atomic mass is 9.92. The second-order valence-corrected chi connectivity index (χ2v) is 9.09. The number of hydroxylamine groups is 2. The number of nitrogens with one attached hydrogen (secondary N) is 2. The van der Waals surface area contributed by atoms with Crippen LogP contribution in [0.4, 0.5) is 11.6 Å². The van der Waals surface area contributed by atoms with Crippen molar-refractivity contribution >= 4 is 29.9 Å². The van der Waals surface area contributed by atoms with E-state index in [1.807, 2.05) is 4.90 Å². The number of rotatable bonds is 9. The first-order chi connectivity index (χ1) is 16.5. The first kappa shape index (κ1) is 24.3. The van der Waals surface area contributed by atoms with E-state index in [1.165, 1.54) is 5.01 Å². The van der Waals surface area contributed by atoms with Crippen LogP contribution in [0.5, 0.6) is 0 Å². The normalized spacial score (nSPS) is 22.0. The Bertz CT molecular complexity index is 843. The van der Waals surface area contributed by atoms with Crippen molar-refractivity contribution in [3.63, 3.8) is 0 Å². The number of hydrogen-bond donors (Lipinski definition) is 3. The van der Waals surface area contributed by atoms with E-state index in [0.717, 1.165) is 25.7 Å². The van der Waals surface area contributed by atoms with Crippen LogP contribution in [0.15, 0.2) is 12.4 Å². The molecule has 12 heteroatoms. The Morgan fingerprint density at radius 1 is 1.24 bits per heavy atom. The number of carbonyl (C=O) groups is 3. The van der Waals surface area contributed by atoms with Crippen LogP contribution in [0.3, 0.4) is 0 Å². The monoisotopic (exact) mass is 475 g/mol. The zero-order chi connectivity index (χ0) is 23.9. The smallest absolute Gasteiger partial charge is 0.248 e. The third-order valence-corrected chi connectivity index (χ3v) is 6.72. The summed E-state index contributed by atoms with van der Waals surface area (Å²) in [5, 5.41) is 14.4.